The van der Waals surface area contributed by atoms with Crippen LogP contribution in [0.15, 0.2) is 18.2 Å². The molecule has 0 radical (unpaired) electrons. The van der Waals surface area contributed by atoms with Crippen molar-refractivity contribution in [3.05, 3.63) is 29.3 Å². The normalized spacial score (nSPS) is 18.4. The van der Waals surface area contributed by atoms with Gasteiger partial charge in [0.1, 0.15) is 5.75 Å². The van der Waals surface area contributed by atoms with Crippen LogP contribution in [0.2, 0.25) is 0 Å². The van der Waals surface area contributed by atoms with Crippen LogP contribution >= 0.6 is 11.8 Å². The SMILES string of the molecule is CCSCCCOc1ccc2c(c1)CCCC2O. The van der Waals surface area contributed by atoms with Gasteiger partial charge in [0.05, 0.1) is 12.7 Å². The van der Waals surface area contributed by atoms with Crippen LogP contribution in [0.3, 0.4) is 0 Å². The molecular weight excluding hydrogens is 244 g/mol. The summed E-state index contributed by atoms with van der Waals surface area (Å²) >= 11 is 1.95. The van der Waals surface area contributed by atoms with Gasteiger partial charge in [-0.3, -0.25) is 0 Å². The molecule has 0 saturated heterocycles. The second kappa shape index (κ2) is 7.05. The first-order valence-corrected chi connectivity index (χ1v) is 7.98. The number of thioether (sulfide) groups is 1. The van der Waals surface area contributed by atoms with Crippen molar-refractivity contribution >= 4 is 11.8 Å². The van der Waals surface area contributed by atoms with Crippen molar-refractivity contribution < 1.29 is 9.84 Å². The van der Waals surface area contributed by atoms with Gasteiger partial charge in [0.2, 0.25) is 0 Å². The third kappa shape index (κ3) is 3.66. The first-order chi connectivity index (χ1) is 8.81. The smallest absolute Gasteiger partial charge is 0.119 e. The molecule has 0 amide bonds. The van der Waals surface area contributed by atoms with Crippen molar-refractivity contribution in [2.45, 2.75) is 38.7 Å². The summed E-state index contributed by atoms with van der Waals surface area (Å²) < 4.78 is 5.76. The van der Waals surface area contributed by atoms with Crippen molar-refractivity contribution in [3.8, 4) is 5.75 Å². The fourth-order valence-electron chi connectivity index (χ4n) is 2.35. The van der Waals surface area contributed by atoms with Crippen LogP contribution in [0.1, 0.15) is 43.4 Å². The third-order valence-corrected chi connectivity index (χ3v) is 4.29. The quantitative estimate of drug-likeness (QED) is 0.798. The van der Waals surface area contributed by atoms with E-state index in [-0.39, 0.29) is 6.10 Å². The highest BCUT2D eigenvalue weighted by molar-refractivity contribution is 7.99. The van der Waals surface area contributed by atoms with E-state index in [0.717, 1.165) is 43.6 Å². The Morgan fingerprint density at radius 3 is 3.17 bits per heavy atom. The highest BCUT2D eigenvalue weighted by Gasteiger charge is 2.17. The van der Waals surface area contributed by atoms with E-state index < -0.39 is 0 Å². The van der Waals surface area contributed by atoms with E-state index in [4.69, 9.17) is 4.74 Å². The average molecular weight is 266 g/mol. The van der Waals surface area contributed by atoms with Crippen LogP contribution in [0, 0.1) is 0 Å². The topological polar surface area (TPSA) is 29.5 Å². The predicted molar refractivity (Wildman–Crippen MR) is 77.5 cm³/mol. The Morgan fingerprint density at radius 1 is 1.44 bits per heavy atom. The number of rotatable bonds is 6. The maximum absolute atomic E-state index is 9.88. The average Bonchev–Trinajstić information content (AvgIpc) is 2.39. The van der Waals surface area contributed by atoms with E-state index in [1.165, 1.54) is 17.1 Å². The van der Waals surface area contributed by atoms with Crippen LogP contribution in [-0.2, 0) is 6.42 Å². The minimum atomic E-state index is -0.274. The second-order valence-electron chi connectivity index (χ2n) is 4.67. The van der Waals surface area contributed by atoms with E-state index in [0.29, 0.717) is 0 Å². The minimum Gasteiger partial charge on any atom is -0.494 e. The molecule has 1 aliphatic rings. The van der Waals surface area contributed by atoms with Crippen LogP contribution in [0.5, 0.6) is 5.75 Å². The number of aliphatic hydroxyl groups excluding tert-OH is 1. The minimum absolute atomic E-state index is 0.274. The van der Waals surface area contributed by atoms with Crippen LogP contribution < -0.4 is 4.74 Å². The summed E-state index contributed by atoms with van der Waals surface area (Å²) in [5, 5.41) is 9.88. The largest absolute Gasteiger partial charge is 0.494 e. The van der Waals surface area contributed by atoms with Gasteiger partial charge < -0.3 is 9.84 Å². The monoisotopic (exact) mass is 266 g/mol. The van der Waals surface area contributed by atoms with E-state index in [2.05, 4.69) is 13.0 Å². The maximum atomic E-state index is 9.88. The lowest BCUT2D eigenvalue weighted by Crippen LogP contribution is -2.09. The molecule has 0 aliphatic heterocycles. The highest BCUT2D eigenvalue weighted by atomic mass is 32.2. The first kappa shape index (κ1) is 13.8. The Morgan fingerprint density at radius 2 is 2.33 bits per heavy atom. The molecule has 1 unspecified atom stereocenters. The zero-order chi connectivity index (χ0) is 12.8. The van der Waals surface area contributed by atoms with Gasteiger partial charge in [0.25, 0.3) is 0 Å². The molecule has 0 fully saturated rings. The standard InChI is InChI=1S/C15H22O2S/c1-2-18-10-4-9-17-13-7-8-14-12(11-13)5-3-6-15(14)16/h7-8,11,15-16H,2-6,9-10H2,1H3. The van der Waals surface area contributed by atoms with Crippen LogP contribution in [0.25, 0.3) is 0 Å². The number of hydrogen-bond acceptors (Lipinski definition) is 3. The molecular formula is C15H22O2S. The molecule has 18 heavy (non-hydrogen) atoms. The molecule has 1 atom stereocenters. The number of hydrogen-bond donors (Lipinski definition) is 1. The van der Waals surface area contributed by atoms with E-state index >= 15 is 0 Å². The lowest BCUT2D eigenvalue weighted by molar-refractivity contribution is 0.156. The van der Waals surface area contributed by atoms with Gasteiger partial charge in [0, 0.05) is 0 Å². The Hall–Kier alpha value is -0.670. The van der Waals surface area contributed by atoms with Crippen LogP contribution in [0.4, 0.5) is 0 Å². The summed E-state index contributed by atoms with van der Waals surface area (Å²) in [6, 6.07) is 6.11. The summed E-state index contributed by atoms with van der Waals surface area (Å²) in [4.78, 5) is 0. The Bertz CT molecular complexity index is 379. The summed E-state index contributed by atoms with van der Waals surface area (Å²) in [6.07, 6.45) is 3.85. The third-order valence-electron chi connectivity index (χ3n) is 3.30. The molecule has 0 bridgehead atoms. The van der Waals surface area contributed by atoms with Crippen molar-refractivity contribution in [3.63, 3.8) is 0 Å². The molecule has 100 valence electrons. The van der Waals surface area contributed by atoms with E-state index in [9.17, 15) is 5.11 Å². The van der Waals surface area contributed by atoms with Gasteiger partial charge in [-0.15, -0.1) is 0 Å². The number of fused-ring (bicyclic) bond motifs is 1. The van der Waals surface area contributed by atoms with Gasteiger partial charge in [0.15, 0.2) is 0 Å². The molecule has 3 heteroatoms. The number of ether oxygens (including phenoxy) is 1. The van der Waals surface area contributed by atoms with Crippen LogP contribution in [-0.4, -0.2) is 23.2 Å². The molecule has 1 aromatic carbocycles. The first-order valence-electron chi connectivity index (χ1n) is 6.82. The Balaban J connectivity index is 1.87. The molecule has 1 N–H and O–H groups in total. The Kier molecular flexibility index (Phi) is 5.39. The maximum Gasteiger partial charge on any atom is 0.119 e. The fraction of sp³-hybridized carbons (Fsp3) is 0.600. The highest BCUT2D eigenvalue weighted by Crippen LogP contribution is 2.31. The number of aliphatic hydroxyl groups is 1. The summed E-state index contributed by atoms with van der Waals surface area (Å²) in [7, 11) is 0. The Labute approximate surface area is 114 Å². The molecule has 0 aromatic heterocycles. The van der Waals surface area contributed by atoms with Gasteiger partial charge in [-0.1, -0.05) is 13.0 Å². The predicted octanol–water partition coefficient (Wildman–Crippen LogP) is 3.58. The number of aryl methyl sites for hydroxylation is 1. The molecule has 2 nitrogen and oxygen atoms in total. The second-order valence-corrected chi connectivity index (χ2v) is 6.06. The van der Waals surface area contributed by atoms with E-state index in [1.54, 1.807) is 0 Å². The van der Waals surface area contributed by atoms with Gasteiger partial charge in [-0.05, 0) is 60.4 Å². The summed E-state index contributed by atoms with van der Waals surface area (Å²) in [6.45, 7) is 2.97. The molecule has 0 spiro atoms. The van der Waals surface area contributed by atoms with Crippen molar-refractivity contribution in [2.24, 2.45) is 0 Å². The summed E-state index contributed by atoms with van der Waals surface area (Å²) in [5.74, 6) is 3.29. The van der Waals surface area contributed by atoms with Gasteiger partial charge in [-0.25, -0.2) is 0 Å². The van der Waals surface area contributed by atoms with Gasteiger partial charge >= 0.3 is 0 Å². The zero-order valence-corrected chi connectivity index (χ0v) is 11.8. The molecule has 1 aromatic rings. The number of benzene rings is 1. The molecule has 0 saturated carbocycles. The lowest BCUT2D eigenvalue weighted by atomic mass is 9.89. The van der Waals surface area contributed by atoms with E-state index in [1.807, 2.05) is 23.9 Å². The summed E-state index contributed by atoms with van der Waals surface area (Å²) in [5.41, 5.74) is 2.35. The fourth-order valence-corrected chi connectivity index (χ4v) is 2.96. The molecule has 1 aliphatic carbocycles. The van der Waals surface area contributed by atoms with Gasteiger partial charge in [-0.2, -0.15) is 11.8 Å². The van der Waals surface area contributed by atoms with Crippen molar-refractivity contribution in [1.29, 1.82) is 0 Å². The zero-order valence-electron chi connectivity index (χ0n) is 11.0. The lowest BCUT2D eigenvalue weighted by Gasteiger charge is -2.21. The van der Waals surface area contributed by atoms with Crippen molar-refractivity contribution in [1.82, 2.24) is 0 Å². The molecule has 2 rings (SSSR count). The van der Waals surface area contributed by atoms with Crippen molar-refractivity contribution in [2.75, 3.05) is 18.1 Å². The molecule has 0 heterocycles.